The molecule has 1 heterocycles. The van der Waals surface area contributed by atoms with Crippen LogP contribution in [0.1, 0.15) is 44.0 Å². The van der Waals surface area contributed by atoms with Crippen molar-refractivity contribution in [3.63, 3.8) is 0 Å². The predicted octanol–water partition coefficient (Wildman–Crippen LogP) is 1.77. The number of ether oxygens (including phenoxy) is 1. The van der Waals surface area contributed by atoms with Crippen LogP contribution in [0.4, 0.5) is 10.5 Å². The summed E-state index contributed by atoms with van der Waals surface area (Å²) in [7, 11) is 2.00. The Kier molecular flexibility index (Phi) is 8.59. The highest BCUT2D eigenvalue weighted by Gasteiger charge is 2.27. The molecule has 0 saturated carbocycles. The van der Waals surface area contributed by atoms with E-state index in [4.69, 9.17) is 9.84 Å². The predicted molar refractivity (Wildman–Crippen MR) is 118 cm³/mol. The third-order valence-corrected chi connectivity index (χ3v) is 4.91. The number of hydrogen-bond acceptors (Lipinski definition) is 6. The molecule has 0 spiro atoms. The van der Waals surface area contributed by atoms with E-state index in [9.17, 15) is 19.2 Å². The summed E-state index contributed by atoms with van der Waals surface area (Å²) >= 11 is 0. The van der Waals surface area contributed by atoms with E-state index in [2.05, 4.69) is 15.5 Å². The minimum atomic E-state index is -1.07. The molecular formula is C22H32N4O6. The zero-order chi connectivity index (χ0) is 23.9. The van der Waals surface area contributed by atoms with E-state index >= 15 is 0 Å². The second-order valence-corrected chi connectivity index (χ2v) is 8.79. The molecule has 1 aliphatic heterocycles. The van der Waals surface area contributed by atoms with Crippen molar-refractivity contribution in [2.24, 2.45) is 0 Å². The van der Waals surface area contributed by atoms with Gasteiger partial charge in [-0.25, -0.2) is 9.59 Å². The molecule has 1 aromatic rings. The number of hydrogen-bond donors (Lipinski definition) is 3. The van der Waals surface area contributed by atoms with Crippen LogP contribution in [0.15, 0.2) is 24.3 Å². The first-order valence-corrected chi connectivity index (χ1v) is 10.5. The largest absolute Gasteiger partial charge is 0.478 e. The van der Waals surface area contributed by atoms with Crippen molar-refractivity contribution < 1.29 is 29.0 Å². The van der Waals surface area contributed by atoms with Gasteiger partial charge in [0.25, 0.3) is 0 Å². The maximum atomic E-state index is 12.8. The number of amides is 3. The van der Waals surface area contributed by atoms with Crippen molar-refractivity contribution >= 4 is 29.6 Å². The average molecular weight is 449 g/mol. The summed E-state index contributed by atoms with van der Waals surface area (Å²) in [6.07, 6.45) is -0.565. The molecule has 10 nitrogen and oxygen atoms in total. The first-order valence-electron chi connectivity index (χ1n) is 10.5. The number of carbonyl (C=O) groups excluding carboxylic acids is 3. The Morgan fingerprint density at radius 3 is 2.19 bits per heavy atom. The summed E-state index contributed by atoms with van der Waals surface area (Å²) in [4.78, 5) is 52.5. The molecule has 176 valence electrons. The third kappa shape index (κ3) is 8.18. The van der Waals surface area contributed by atoms with Crippen LogP contribution in [0, 0.1) is 0 Å². The molecule has 1 aliphatic rings. The molecule has 3 N–H and O–H groups in total. The summed E-state index contributed by atoms with van der Waals surface area (Å²) in [6, 6.07) is 4.65. The number of likely N-dealkylation sites (N-methyl/N-ethyl adjacent to an activating group) is 1. The Morgan fingerprint density at radius 1 is 1.06 bits per heavy atom. The second kappa shape index (κ2) is 10.9. The molecule has 1 atom stereocenters. The summed E-state index contributed by atoms with van der Waals surface area (Å²) < 4.78 is 5.25. The minimum Gasteiger partial charge on any atom is -0.478 e. The van der Waals surface area contributed by atoms with E-state index in [1.807, 2.05) is 7.05 Å². The van der Waals surface area contributed by atoms with Gasteiger partial charge in [0.15, 0.2) is 0 Å². The van der Waals surface area contributed by atoms with Gasteiger partial charge in [0.05, 0.1) is 5.56 Å². The lowest BCUT2D eigenvalue weighted by atomic mass is 10.1. The van der Waals surface area contributed by atoms with Crippen LogP contribution in [0.25, 0.3) is 0 Å². The second-order valence-electron chi connectivity index (χ2n) is 8.79. The van der Waals surface area contributed by atoms with Gasteiger partial charge in [0.2, 0.25) is 11.8 Å². The quantitative estimate of drug-likeness (QED) is 0.580. The molecule has 0 aromatic heterocycles. The SMILES string of the molecule is CN1CCN(C(=O)CCC(NC(=O)OC(C)(C)C)C(=O)Nc2ccc(C(=O)O)cc2)CC1. The van der Waals surface area contributed by atoms with Crippen molar-refractivity contribution in [3.8, 4) is 0 Å². The average Bonchev–Trinajstić information content (AvgIpc) is 2.70. The van der Waals surface area contributed by atoms with Crippen LogP contribution in [-0.4, -0.2) is 83.7 Å². The number of benzene rings is 1. The summed E-state index contributed by atoms with van der Waals surface area (Å²) in [5, 5.41) is 14.2. The number of carboxylic acids is 1. The normalized spacial score (nSPS) is 15.6. The Bertz CT molecular complexity index is 826. The number of nitrogens with one attached hydrogen (secondary N) is 2. The standard InChI is InChI=1S/C22H32N4O6/c1-22(2,3)32-21(31)24-17(9-10-18(27)26-13-11-25(4)12-14-26)19(28)23-16-7-5-15(6-8-16)20(29)30/h5-8,17H,9-14H2,1-4H3,(H,23,28)(H,24,31)(H,29,30). The number of nitrogens with zero attached hydrogens (tertiary/aromatic N) is 2. The molecule has 10 heteroatoms. The molecule has 0 aliphatic carbocycles. The zero-order valence-corrected chi connectivity index (χ0v) is 19.0. The Hall–Kier alpha value is -3.14. The van der Waals surface area contributed by atoms with Crippen LogP contribution in [-0.2, 0) is 14.3 Å². The summed E-state index contributed by atoms with van der Waals surface area (Å²) in [5.74, 6) is -1.67. The molecule has 1 fully saturated rings. The Balaban J connectivity index is 2.03. The van der Waals surface area contributed by atoms with Gasteiger partial charge < -0.3 is 30.3 Å². The number of piperazine rings is 1. The molecule has 2 rings (SSSR count). The van der Waals surface area contributed by atoms with Gasteiger partial charge in [-0.3, -0.25) is 9.59 Å². The number of anilines is 1. The van der Waals surface area contributed by atoms with E-state index in [-0.39, 0.29) is 24.3 Å². The van der Waals surface area contributed by atoms with Gasteiger partial charge in [-0.1, -0.05) is 0 Å². The molecule has 0 bridgehead atoms. The Morgan fingerprint density at radius 2 is 1.66 bits per heavy atom. The lowest BCUT2D eigenvalue weighted by Gasteiger charge is -2.32. The topological polar surface area (TPSA) is 128 Å². The number of aromatic carboxylic acids is 1. The first-order chi connectivity index (χ1) is 14.9. The van der Waals surface area contributed by atoms with Crippen molar-refractivity contribution in [1.82, 2.24) is 15.1 Å². The van der Waals surface area contributed by atoms with Crippen molar-refractivity contribution in [2.45, 2.75) is 45.3 Å². The third-order valence-electron chi connectivity index (χ3n) is 4.91. The molecule has 3 amide bonds. The van der Waals surface area contributed by atoms with Crippen molar-refractivity contribution in [1.29, 1.82) is 0 Å². The van der Waals surface area contributed by atoms with Crippen LogP contribution in [0.2, 0.25) is 0 Å². The number of carbonyl (C=O) groups is 4. The molecule has 0 radical (unpaired) electrons. The van der Waals surface area contributed by atoms with Gasteiger partial charge in [-0.15, -0.1) is 0 Å². The van der Waals surface area contributed by atoms with E-state index in [1.165, 1.54) is 24.3 Å². The van der Waals surface area contributed by atoms with Crippen LogP contribution in [0.5, 0.6) is 0 Å². The number of carboxylic acid groups (broad SMARTS) is 1. The molecule has 1 saturated heterocycles. The molecule has 32 heavy (non-hydrogen) atoms. The Labute approximate surface area is 187 Å². The highest BCUT2D eigenvalue weighted by atomic mass is 16.6. The molecule has 1 unspecified atom stereocenters. The van der Waals surface area contributed by atoms with Crippen molar-refractivity contribution in [2.75, 3.05) is 38.5 Å². The fraction of sp³-hybridized carbons (Fsp3) is 0.545. The monoisotopic (exact) mass is 448 g/mol. The van der Waals surface area contributed by atoms with Gasteiger partial charge in [-0.05, 0) is 58.5 Å². The molecule has 1 aromatic carbocycles. The number of alkyl carbamates (subject to hydrolysis) is 1. The van der Waals surface area contributed by atoms with Gasteiger partial charge in [0.1, 0.15) is 11.6 Å². The molecular weight excluding hydrogens is 416 g/mol. The van der Waals surface area contributed by atoms with E-state index in [0.29, 0.717) is 18.8 Å². The fourth-order valence-electron chi connectivity index (χ4n) is 3.13. The van der Waals surface area contributed by atoms with Gasteiger partial charge in [-0.2, -0.15) is 0 Å². The highest BCUT2D eigenvalue weighted by Crippen LogP contribution is 2.13. The fourth-order valence-corrected chi connectivity index (χ4v) is 3.13. The van der Waals surface area contributed by atoms with E-state index < -0.39 is 29.6 Å². The maximum Gasteiger partial charge on any atom is 0.408 e. The zero-order valence-electron chi connectivity index (χ0n) is 19.0. The van der Waals surface area contributed by atoms with Crippen LogP contribution < -0.4 is 10.6 Å². The number of rotatable bonds is 7. The van der Waals surface area contributed by atoms with E-state index in [0.717, 1.165) is 13.1 Å². The smallest absolute Gasteiger partial charge is 0.408 e. The summed E-state index contributed by atoms with van der Waals surface area (Å²) in [6.45, 7) is 7.97. The lowest BCUT2D eigenvalue weighted by molar-refractivity contribution is -0.133. The van der Waals surface area contributed by atoms with Crippen molar-refractivity contribution in [3.05, 3.63) is 29.8 Å². The maximum absolute atomic E-state index is 12.8. The van der Waals surface area contributed by atoms with Crippen LogP contribution in [0.3, 0.4) is 0 Å². The highest BCUT2D eigenvalue weighted by molar-refractivity contribution is 5.97. The summed E-state index contributed by atoms with van der Waals surface area (Å²) in [5.41, 5.74) is -0.279. The lowest BCUT2D eigenvalue weighted by Crippen LogP contribution is -2.49. The minimum absolute atomic E-state index is 0.0762. The van der Waals surface area contributed by atoms with Gasteiger partial charge >= 0.3 is 12.1 Å². The first kappa shape index (κ1) is 25.1. The van der Waals surface area contributed by atoms with E-state index in [1.54, 1.807) is 25.7 Å². The van der Waals surface area contributed by atoms with Gasteiger partial charge in [0, 0.05) is 38.3 Å². The van der Waals surface area contributed by atoms with Crippen LogP contribution >= 0.6 is 0 Å².